The van der Waals surface area contributed by atoms with Crippen LogP contribution < -0.4 is 5.32 Å². The Morgan fingerprint density at radius 3 is 2.50 bits per heavy atom. The van der Waals surface area contributed by atoms with E-state index < -0.39 is 23.2 Å². The lowest BCUT2D eigenvalue weighted by Crippen LogP contribution is -2.42. The summed E-state index contributed by atoms with van der Waals surface area (Å²) < 4.78 is 5.19. The summed E-state index contributed by atoms with van der Waals surface area (Å²) in [5.41, 5.74) is -0.650. The number of hydrogen-bond acceptors (Lipinski definition) is 4. The number of oxazole rings is 1. The molecule has 6 heteroatoms. The number of carbonyl (C=O) groups excluding carboxylic acids is 1. The van der Waals surface area contributed by atoms with Crippen molar-refractivity contribution in [2.45, 2.75) is 34.2 Å². The van der Waals surface area contributed by atoms with Gasteiger partial charge in [-0.1, -0.05) is 20.8 Å². The molecule has 1 aromatic heterocycles. The zero-order chi connectivity index (χ0) is 13.9. The largest absolute Gasteiger partial charge is 0.481 e. The molecular formula is C12H18N2O4. The Hall–Kier alpha value is -1.85. The van der Waals surface area contributed by atoms with E-state index in [1.165, 1.54) is 0 Å². The molecule has 0 radical (unpaired) electrons. The fourth-order valence-corrected chi connectivity index (χ4v) is 1.62. The third-order valence-electron chi connectivity index (χ3n) is 2.46. The molecule has 1 aromatic rings. The van der Waals surface area contributed by atoms with Crippen molar-refractivity contribution in [1.82, 2.24) is 10.3 Å². The van der Waals surface area contributed by atoms with Crippen LogP contribution in [0.25, 0.3) is 0 Å². The highest BCUT2D eigenvalue weighted by Crippen LogP contribution is 2.26. The topological polar surface area (TPSA) is 92.4 Å². The van der Waals surface area contributed by atoms with Crippen molar-refractivity contribution in [1.29, 1.82) is 0 Å². The van der Waals surface area contributed by atoms with Gasteiger partial charge >= 0.3 is 5.97 Å². The second-order valence-electron chi connectivity index (χ2n) is 5.22. The molecule has 0 fully saturated rings. The monoisotopic (exact) mass is 254 g/mol. The first kappa shape index (κ1) is 14.2. The molecule has 0 bridgehead atoms. The third kappa shape index (κ3) is 3.58. The van der Waals surface area contributed by atoms with Gasteiger partial charge in [0.15, 0.2) is 0 Å². The second kappa shape index (κ2) is 5.20. The minimum Gasteiger partial charge on any atom is -0.481 e. The normalized spacial score (nSPS) is 13.1. The van der Waals surface area contributed by atoms with Crippen LogP contribution in [0.2, 0.25) is 0 Å². The van der Waals surface area contributed by atoms with Crippen LogP contribution in [0.5, 0.6) is 0 Å². The second-order valence-corrected chi connectivity index (χ2v) is 5.22. The molecule has 1 amide bonds. The van der Waals surface area contributed by atoms with E-state index in [2.05, 4.69) is 10.3 Å². The summed E-state index contributed by atoms with van der Waals surface area (Å²) in [4.78, 5) is 26.9. The number of hydrogen-bond donors (Lipinski definition) is 2. The average Bonchev–Trinajstić information content (AvgIpc) is 2.58. The number of nitrogens with one attached hydrogen (secondary N) is 1. The number of rotatable bonds is 4. The van der Waals surface area contributed by atoms with Crippen molar-refractivity contribution < 1.29 is 19.1 Å². The van der Waals surface area contributed by atoms with Gasteiger partial charge in [-0.25, -0.2) is 4.98 Å². The molecule has 1 heterocycles. The summed E-state index contributed by atoms with van der Waals surface area (Å²) in [6.07, 6.45) is 1.54. The van der Waals surface area contributed by atoms with E-state index in [0.29, 0.717) is 11.7 Å². The molecule has 1 unspecified atom stereocenters. The van der Waals surface area contributed by atoms with Gasteiger partial charge in [-0.3, -0.25) is 9.59 Å². The van der Waals surface area contributed by atoms with Crippen LogP contribution in [0, 0.1) is 18.3 Å². The van der Waals surface area contributed by atoms with E-state index >= 15 is 0 Å². The maximum Gasteiger partial charge on any atom is 0.316 e. The van der Waals surface area contributed by atoms with Crippen LogP contribution in [-0.4, -0.2) is 22.0 Å². The molecule has 0 spiro atoms. The average molecular weight is 254 g/mol. The highest BCUT2D eigenvalue weighted by atomic mass is 16.4. The van der Waals surface area contributed by atoms with Gasteiger partial charge in [0, 0.05) is 0 Å². The molecule has 100 valence electrons. The molecule has 0 aliphatic carbocycles. The number of aliphatic carboxylic acids is 1. The minimum absolute atomic E-state index is 0.0898. The molecule has 0 saturated carbocycles. The summed E-state index contributed by atoms with van der Waals surface area (Å²) >= 11 is 0. The first-order chi connectivity index (χ1) is 8.21. The van der Waals surface area contributed by atoms with Crippen molar-refractivity contribution in [3.05, 3.63) is 17.8 Å². The fourth-order valence-electron chi connectivity index (χ4n) is 1.62. The quantitative estimate of drug-likeness (QED) is 0.791. The molecule has 0 aliphatic rings. The van der Waals surface area contributed by atoms with Crippen LogP contribution in [0.4, 0.5) is 0 Å². The number of carbonyl (C=O) groups is 2. The smallest absolute Gasteiger partial charge is 0.316 e. The number of aromatic nitrogens is 1. The van der Waals surface area contributed by atoms with Crippen LogP contribution in [0.3, 0.4) is 0 Å². The van der Waals surface area contributed by atoms with Gasteiger partial charge < -0.3 is 14.8 Å². The van der Waals surface area contributed by atoms with Crippen LogP contribution in [0.15, 0.2) is 10.6 Å². The molecule has 1 atom stereocenters. The zero-order valence-electron chi connectivity index (χ0n) is 11.0. The predicted molar refractivity (Wildman–Crippen MR) is 63.7 cm³/mol. The van der Waals surface area contributed by atoms with Crippen LogP contribution >= 0.6 is 0 Å². The Labute approximate surface area is 105 Å². The van der Waals surface area contributed by atoms with Crippen molar-refractivity contribution in [2.24, 2.45) is 11.3 Å². The van der Waals surface area contributed by atoms with E-state index in [4.69, 9.17) is 9.52 Å². The number of nitrogens with zero attached hydrogens (tertiary/aromatic N) is 1. The van der Waals surface area contributed by atoms with Gasteiger partial charge in [-0.15, -0.1) is 0 Å². The SMILES string of the molecule is Cc1cnc(CNC(=O)C(C(=O)O)C(C)(C)C)o1. The zero-order valence-corrected chi connectivity index (χ0v) is 11.0. The number of amides is 1. The van der Waals surface area contributed by atoms with Gasteiger partial charge in [0.05, 0.1) is 12.7 Å². The Morgan fingerprint density at radius 1 is 1.50 bits per heavy atom. The molecule has 0 aromatic carbocycles. The molecule has 1 rings (SSSR count). The lowest BCUT2D eigenvalue weighted by Gasteiger charge is -2.25. The molecule has 2 N–H and O–H groups in total. The molecule has 6 nitrogen and oxygen atoms in total. The lowest BCUT2D eigenvalue weighted by molar-refractivity contribution is -0.151. The Kier molecular flexibility index (Phi) is 4.11. The number of carboxylic acids is 1. The van der Waals surface area contributed by atoms with Crippen LogP contribution in [-0.2, 0) is 16.1 Å². The Bertz CT molecular complexity index is 445. The van der Waals surface area contributed by atoms with Gasteiger partial charge in [-0.05, 0) is 12.3 Å². The van der Waals surface area contributed by atoms with Gasteiger partial charge in [0.25, 0.3) is 0 Å². The summed E-state index contributed by atoms with van der Waals surface area (Å²) in [5, 5.41) is 11.6. The molecular weight excluding hydrogens is 236 g/mol. The Morgan fingerprint density at radius 2 is 2.11 bits per heavy atom. The first-order valence-electron chi connectivity index (χ1n) is 5.63. The first-order valence-corrected chi connectivity index (χ1v) is 5.63. The summed E-state index contributed by atoms with van der Waals surface area (Å²) in [5.74, 6) is -1.77. The minimum atomic E-state index is -1.14. The Balaban J connectivity index is 2.66. The maximum atomic E-state index is 11.9. The molecule has 18 heavy (non-hydrogen) atoms. The van der Waals surface area contributed by atoms with Crippen molar-refractivity contribution in [3.8, 4) is 0 Å². The molecule has 0 aliphatic heterocycles. The van der Waals surface area contributed by atoms with Crippen molar-refractivity contribution in [2.75, 3.05) is 0 Å². The summed E-state index contributed by atoms with van der Waals surface area (Å²) in [6.45, 7) is 6.96. The van der Waals surface area contributed by atoms with Crippen molar-refractivity contribution in [3.63, 3.8) is 0 Å². The predicted octanol–water partition coefficient (Wildman–Crippen LogP) is 1.35. The van der Waals surface area contributed by atoms with Gasteiger partial charge in [-0.2, -0.15) is 0 Å². The van der Waals surface area contributed by atoms with E-state index in [9.17, 15) is 9.59 Å². The van der Waals surface area contributed by atoms with Gasteiger partial charge in [0.1, 0.15) is 11.7 Å². The van der Waals surface area contributed by atoms with Crippen molar-refractivity contribution >= 4 is 11.9 Å². The number of carboxylic acid groups (broad SMARTS) is 1. The van der Waals surface area contributed by atoms with E-state index in [1.54, 1.807) is 33.9 Å². The maximum absolute atomic E-state index is 11.9. The van der Waals surface area contributed by atoms with Crippen LogP contribution in [0.1, 0.15) is 32.4 Å². The fraction of sp³-hybridized carbons (Fsp3) is 0.583. The van der Waals surface area contributed by atoms with E-state index in [1.807, 2.05) is 0 Å². The highest BCUT2D eigenvalue weighted by molar-refractivity contribution is 5.97. The van der Waals surface area contributed by atoms with Gasteiger partial charge in [0.2, 0.25) is 11.8 Å². The van der Waals surface area contributed by atoms with E-state index in [-0.39, 0.29) is 6.54 Å². The number of aryl methyl sites for hydroxylation is 1. The van der Waals surface area contributed by atoms with E-state index in [0.717, 1.165) is 0 Å². The standard InChI is InChI=1S/C12H18N2O4/c1-7-5-13-8(18-7)6-14-10(15)9(11(16)17)12(2,3)4/h5,9H,6H2,1-4H3,(H,14,15)(H,16,17). The summed E-state index contributed by atoms with van der Waals surface area (Å²) in [7, 11) is 0. The molecule has 0 saturated heterocycles. The third-order valence-corrected chi connectivity index (χ3v) is 2.46. The lowest BCUT2D eigenvalue weighted by atomic mass is 9.80. The summed E-state index contributed by atoms with van der Waals surface area (Å²) in [6, 6.07) is 0. The highest BCUT2D eigenvalue weighted by Gasteiger charge is 2.37.